The summed E-state index contributed by atoms with van der Waals surface area (Å²) in [5, 5.41) is 0.163. The molecule has 0 bridgehead atoms. The number of ketones is 1. The zero-order valence-electron chi connectivity index (χ0n) is 10.0. The number of hydrogen-bond donors (Lipinski definition) is 0. The molecule has 2 nitrogen and oxygen atoms in total. The highest BCUT2D eigenvalue weighted by Gasteiger charge is 2.05. The Hall–Kier alpha value is 0.210. The van der Waals surface area contributed by atoms with E-state index < -0.39 is 0 Å². The summed E-state index contributed by atoms with van der Waals surface area (Å²) in [4.78, 5) is 11.4. The van der Waals surface area contributed by atoms with Gasteiger partial charge in [0.2, 0.25) is 0 Å². The molecule has 0 aromatic rings. The molecule has 0 aliphatic heterocycles. The molecule has 0 spiro atoms. The van der Waals surface area contributed by atoms with Gasteiger partial charge < -0.3 is 4.74 Å². The Labute approximate surface area is 109 Å². The van der Waals surface area contributed by atoms with Crippen LogP contribution in [0.25, 0.3) is 0 Å². The fraction of sp³-hybridized carbons (Fsp3) is 0.917. The lowest BCUT2D eigenvalue weighted by atomic mass is 10.1. The second-order valence-corrected chi connectivity index (χ2v) is 4.80. The van der Waals surface area contributed by atoms with Crippen LogP contribution in [0, 0.1) is 0 Å². The van der Waals surface area contributed by atoms with Crippen molar-refractivity contribution >= 4 is 29.0 Å². The normalized spacial score (nSPS) is 12.7. The van der Waals surface area contributed by atoms with E-state index >= 15 is 0 Å². The minimum absolute atomic E-state index is 0.163. The van der Waals surface area contributed by atoms with Gasteiger partial charge >= 0.3 is 0 Å². The number of carbonyl (C=O) groups is 1. The van der Waals surface area contributed by atoms with Crippen molar-refractivity contribution in [2.24, 2.45) is 0 Å². The topological polar surface area (TPSA) is 26.3 Å². The summed E-state index contributed by atoms with van der Waals surface area (Å²) in [6.07, 6.45) is 4.92. The number of unbranched alkanes of at least 4 members (excludes halogenated alkanes) is 1. The summed E-state index contributed by atoms with van der Waals surface area (Å²) >= 11 is 11.6. The van der Waals surface area contributed by atoms with Crippen LogP contribution in [0.5, 0.6) is 0 Å². The van der Waals surface area contributed by atoms with Gasteiger partial charge in [-0.25, -0.2) is 0 Å². The number of hydrogen-bond acceptors (Lipinski definition) is 2. The Kier molecular flexibility index (Phi) is 11.8. The predicted octanol–water partition coefficient (Wildman–Crippen LogP) is 3.78. The molecule has 0 heterocycles. The van der Waals surface area contributed by atoms with E-state index in [9.17, 15) is 4.79 Å². The molecule has 0 saturated carbocycles. The molecular formula is C12H22Cl2O2. The lowest BCUT2D eigenvalue weighted by Crippen LogP contribution is -2.05. The highest BCUT2D eigenvalue weighted by Crippen LogP contribution is 2.13. The first-order valence-electron chi connectivity index (χ1n) is 6.00. The lowest BCUT2D eigenvalue weighted by molar-refractivity contribution is -0.120. The van der Waals surface area contributed by atoms with Crippen molar-refractivity contribution in [1.29, 1.82) is 0 Å². The van der Waals surface area contributed by atoms with Crippen molar-refractivity contribution in [3.05, 3.63) is 0 Å². The first-order valence-corrected chi connectivity index (χ1v) is 6.97. The summed E-state index contributed by atoms with van der Waals surface area (Å²) in [5.41, 5.74) is 0. The zero-order valence-corrected chi connectivity index (χ0v) is 11.5. The van der Waals surface area contributed by atoms with Gasteiger partial charge in [0.15, 0.2) is 0 Å². The molecule has 0 radical (unpaired) electrons. The molecule has 0 N–H and O–H groups in total. The van der Waals surface area contributed by atoms with Crippen molar-refractivity contribution in [3.8, 4) is 0 Å². The molecule has 1 unspecified atom stereocenters. The van der Waals surface area contributed by atoms with Gasteiger partial charge in [0.25, 0.3) is 0 Å². The molecule has 96 valence electrons. The third-order valence-electron chi connectivity index (χ3n) is 2.37. The highest BCUT2D eigenvalue weighted by molar-refractivity contribution is 6.22. The van der Waals surface area contributed by atoms with Crippen molar-refractivity contribution in [2.45, 2.75) is 50.8 Å². The summed E-state index contributed by atoms with van der Waals surface area (Å²) in [7, 11) is 0. The first-order chi connectivity index (χ1) is 7.70. The molecule has 0 rings (SSSR count). The molecular weight excluding hydrogens is 247 g/mol. The van der Waals surface area contributed by atoms with E-state index in [4.69, 9.17) is 27.9 Å². The highest BCUT2D eigenvalue weighted by atomic mass is 35.5. The van der Waals surface area contributed by atoms with Gasteiger partial charge in [0.05, 0.1) is 6.61 Å². The van der Waals surface area contributed by atoms with Crippen LogP contribution in [0.3, 0.4) is 0 Å². The van der Waals surface area contributed by atoms with Crippen molar-refractivity contribution in [2.75, 3.05) is 19.1 Å². The number of halogens is 2. The van der Waals surface area contributed by atoms with Crippen LogP contribution in [-0.4, -0.2) is 30.3 Å². The van der Waals surface area contributed by atoms with E-state index in [1.807, 2.05) is 6.92 Å². The number of carbonyl (C=O) groups excluding carboxylic acids is 1. The Morgan fingerprint density at radius 2 is 2.00 bits per heavy atom. The molecule has 0 aliphatic carbocycles. The standard InChI is InChI=1S/C12H22Cl2O2/c1-2-16-10-8-12(15)6-4-3-5-11(14)7-9-13/h11H,2-10H2,1H3. The second-order valence-electron chi connectivity index (χ2n) is 3.81. The van der Waals surface area contributed by atoms with Crippen LogP contribution in [0.15, 0.2) is 0 Å². The Bertz CT molecular complexity index is 174. The maximum absolute atomic E-state index is 11.4. The van der Waals surface area contributed by atoms with Gasteiger partial charge in [0, 0.05) is 30.7 Å². The number of rotatable bonds is 11. The minimum Gasteiger partial charge on any atom is -0.381 e. The molecule has 0 aromatic heterocycles. The third-order valence-corrected chi connectivity index (χ3v) is 3.03. The fourth-order valence-corrected chi connectivity index (χ4v) is 2.04. The number of Topliss-reactive ketones (excluding diaryl/α,β-unsaturated/α-hetero) is 1. The SMILES string of the molecule is CCOCCC(=O)CCCCC(Cl)CCCl. The smallest absolute Gasteiger partial charge is 0.135 e. The van der Waals surface area contributed by atoms with Crippen molar-refractivity contribution < 1.29 is 9.53 Å². The maximum Gasteiger partial charge on any atom is 0.135 e. The summed E-state index contributed by atoms with van der Waals surface area (Å²) in [6.45, 7) is 3.17. The predicted molar refractivity (Wildman–Crippen MR) is 69.6 cm³/mol. The van der Waals surface area contributed by atoms with Crippen molar-refractivity contribution in [3.63, 3.8) is 0 Å². The molecule has 0 amide bonds. The number of alkyl halides is 2. The molecule has 0 saturated heterocycles. The minimum atomic E-state index is 0.163. The molecule has 1 atom stereocenters. The van der Waals surface area contributed by atoms with Gasteiger partial charge in [-0.2, -0.15) is 0 Å². The van der Waals surface area contributed by atoms with Gasteiger partial charge in [-0.15, -0.1) is 23.2 Å². The van der Waals surface area contributed by atoms with Crippen LogP contribution in [0.4, 0.5) is 0 Å². The fourth-order valence-electron chi connectivity index (χ4n) is 1.41. The van der Waals surface area contributed by atoms with E-state index in [0.29, 0.717) is 31.9 Å². The van der Waals surface area contributed by atoms with Crippen LogP contribution in [0.1, 0.15) is 45.4 Å². The van der Waals surface area contributed by atoms with Gasteiger partial charge in [-0.05, 0) is 26.2 Å². The largest absolute Gasteiger partial charge is 0.381 e. The Morgan fingerprint density at radius 1 is 1.25 bits per heavy atom. The lowest BCUT2D eigenvalue weighted by Gasteiger charge is -2.06. The Morgan fingerprint density at radius 3 is 2.62 bits per heavy atom. The van der Waals surface area contributed by atoms with E-state index in [1.54, 1.807) is 0 Å². The van der Waals surface area contributed by atoms with E-state index in [1.165, 1.54) is 0 Å². The van der Waals surface area contributed by atoms with Crippen molar-refractivity contribution in [1.82, 2.24) is 0 Å². The quantitative estimate of drug-likeness (QED) is 0.421. The molecule has 0 aromatic carbocycles. The van der Waals surface area contributed by atoms with Crippen LogP contribution >= 0.6 is 23.2 Å². The van der Waals surface area contributed by atoms with Gasteiger partial charge in [0.1, 0.15) is 5.78 Å². The third kappa shape index (κ3) is 10.7. The maximum atomic E-state index is 11.4. The van der Waals surface area contributed by atoms with E-state index in [2.05, 4.69) is 0 Å². The van der Waals surface area contributed by atoms with E-state index in [-0.39, 0.29) is 11.2 Å². The van der Waals surface area contributed by atoms with E-state index in [0.717, 1.165) is 25.7 Å². The first kappa shape index (κ1) is 16.2. The van der Waals surface area contributed by atoms with Crippen LogP contribution in [-0.2, 0) is 9.53 Å². The van der Waals surface area contributed by atoms with Crippen LogP contribution in [0.2, 0.25) is 0 Å². The van der Waals surface area contributed by atoms with Crippen LogP contribution < -0.4 is 0 Å². The monoisotopic (exact) mass is 268 g/mol. The second kappa shape index (κ2) is 11.7. The molecule has 0 aliphatic rings. The average molecular weight is 269 g/mol. The molecule has 0 fully saturated rings. The average Bonchev–Trinajstić information content (AvgIpc) is 2.25. The van der Waals surface area contributed by atoms with Gasteiger partial charge in [-0.3, -0.25) is 4.79 Å². The zero-order chi connectivity index (χ0) is 12.2. The van der Waals surface area contributed by atoms with Gasteiger partial charge in [-0.1, -0.05) is 6.42 Å². The molecule has 16 heavy (non-hydrogen) atoms. The summed E-state index contributed by atoms with van der Waals surface area (Å²) in [6, 6.07) is 0. The number of ether oxygens (including phenoxy) is 1. The summed E-state index contributed by atoms with van der Waals surface area (Å²) < 4.78 is 5.12. The Balaban J connectivity index is 3.27. The summed E-state index contributed by atoms with van der Waals surface area (Å²) in [5.74, 6) is 0.901. The molecule has 4 heteroatoms.